The van der Waals surface area contributed by atoms with Gasteiger partial charge in [-0.3, -0.25) is 0 Å². The lowest BCUT2D eigenvalue weighted by molar-refractivity contribution is 0.384. The number of sulfone groups is 1. The van der Waals surface area contributed by atoms with Crippen LogP contribution in [0.15, 0.2) is 33.7 Å². The van der Waals surface area contributed by atoms with Gasteiger partial charge in [0.2, 0.25) is 15.9 Å². The molecule has 0 unspecified atom stereocenters. The fraction of sp³-hybridized carbons (Fsp3) is 0.385. The third-order valence-corrected chi connectivity index (χ3v) is 6.25. The van der Waals surface area contributed by atoms with Crippen molar-refractivity contribution in [3.63, 3.8) is 0 Å². The molecule has 0 radical (unpaired) electrons. The first kappa shape index (κ1) is 17.6. The molecule has 0 atom stereocenters. The van der Waals surface area contributed by atoms with Crippen molar-refractivity contribution in [2.45, 2.75) is 23.3 Å². The number of sulfonamides is 1. The minimum absolute atomic E-state index is 0.0135. The van der Waals surface area contributed by atoms with Crippen LogP contribution < -0.4 is 0 Å². The molecule has 0 aliphatic carbocycles. The molecule has 1 aromatic carbocycles. The van der Waals surface area contributed by atoms with E-state index in [2.05, 4.69) is 10.1 Å². The molecule has 126 valence electrons. The number of hydrogen-bond donors (Lipinski definition) is 0. The first-order valence-corrected chi connectivity index (χ1v) is 9.87. The molecule has 0 saturated carbocycles. The second-order valence-electron chi connectivity index (χ2n) is 5.20. The zero-order chi connectivity index (χ0) is 17.3. The van der Waals surface area contributed by atoms with Crippen LogP contribution in [-0.4, -0.2) is 45.4 Å². The van der Waals surface area contributed by atoms with Crippen molar-refractivity contribution in [2.24, 2.45) is 0 Å². The molecule has 1 heterocycles. The SMILES string of the molecule is Cc1noc(CS(=O)(=O)Cc2cccc(S(=O)(=O)N(C)C)c2)n1. The van der Waals surface area contributed by atoms with Gasteiger partial charge in [-0.25, -0.2) is 21.1 Å². The van der Waals surface area contributed by atoms with Crippen LogP contribution in [0.25, 0.3) is 0 Å². The highest BCUT2D eigenvalue weighted by atomic mass is 32.2. The van der Waals surface area contributed by atoms with Crippen LogP contribution in [0.3, 0.4) is 0 Å². The first-order chi connectivity index (χ1) is 10.6. The van der Waals surface area contributed by atoms with Crippen molar-refractivity contribution in [2.75, 3.05) is 14.1 Å². The zero-order valence-corrected chi connectivity index (χ0v) is 14.6. The van der Waals surface area contributed by atoms with E-state index in [1.165, 1.54) is 32.3 Å². The number of aromatic nitrogens is 2. The average molecular weight is 359 g/mol. The Morgan fingerprint density at radius 1 is 1.13 bits per heavy atom. The second-order valence-corrected chi connectivity index (χ2v) is 9.42. The number of hydrogen-bond acceptors (Lipinski definition) is 7. The largest absolute Gasteiger partial charge is 0.338 e. The monoisotopic (exact) mass is 359 g/mol. The Morgan fingerprint density at radius 3 is 2.39 bits per heavy atom. The Bertz CT molecular complexity index is 901. The van der Waals surface area contributed by atoms with Crippen LogP contribution in [0.2, 0.25) is 0 Å². The Hall–Kier alpha value is -1.78. The van der Waals surface area contributed by atoms with E-state index in [1.54, 1.807) is 13.0 Å². The lowest BCUT2D eigenvalue weighted by Gasteiger charge is -2.12. The maximum Gasteiger partial charge on any atom is 0.242 e. The highest BCUT2D eigenvalue weighted by molar-refractivity contribution is 7.90. The van der Waals surface area contributed by atoms with Gasteiger partial charge in [-0.2, -0.15) is 4.98 Å². The first-order valence-electron chi connectivity index (χ1n) is 6.61. The van der Waals surface area contributed by atoms with Crippen molar-refractivity contribution in [3.05, 3.63) is 41.5 Å². The van der Waals surface area contributed by atoms with Gasteiger partial charge in [0.25, 0.3) is 0 Å². The molecular formula is C13H17N3O5S2. The summed E-state index contributed by atoms with van der Waals surface area (Å²) < 4.78 is 54.4. The predicted molar refractivity (Wildman–Crippen MR) is 82.7 cm³/mol. The molecule has 10 heteroatoms. The average Bonchev–Trinajstić information content (AvgIpc) is 2.82. The molecule has 23 heavy (non-hydrogen) atoms. The van der Waals surface area contributed by atoms with Gasteiger partial charge in [0.1, 0.15) is 5.75 Å². The molecule has 2 aromatic rings. The molecule has 0 bridgehead atoms. The lowest BCUT2D eigenvalue weighted by Crippen LogP contribution is -2.22. The summed E-state index contributed by atoms with van der Waals surface area (Å²) in [5, 5.41) is 3.54. The molecule has 2 rings (SSSR count). The Labute approximate surface area is 135 Å². The maximum atomic E-state index is 12.2. The summed E-state index contributed by atoms with van der Waals surface area (Å²) in [7, 11) is -4.35. The minimum atomic E-state index is -3.61. The number of nitrogens with zero attached hydrogens (tertiary/aromatic N) is 3. The normalized spacial score (nSPS) is 12.7. The third kappa shape index (κ3) is 4.36. The molecule has 0 aliphatic rings. The van der Waals surface area contributed by atoms with E-state index in [0.29, 0.717) is 11.4 Å². The molecular weight excluding hydrogens is 342 g/mol. The van der Waals surface area contributed by atoms with Crippen molar-refractivity contribution in [3.8, 4) is 0 Å². The van der Waals surface area contributed by atoms with Crippen LogP contribution in [0, 0.1) is 6.92 Å². The van der Waals surface area contributed by atoms with Crippen LogP contribution >= 0.6 is 0 Å². The van der Waals surface area contributed by atoms with Crippen LogP contribution in [0.4, 0.5) is 0 Å². The number of benzene rings is 1. The molecule has 1 aromatic heterocycles. The van der Waals surface area contributed by atoms with E-state index in [9.17, 15) is 16.8 Å². The number of rotatable bonds is 6. The summed E-state index contributed by atoms with van der Waals surface area (Å²) in [6.07, 6.45) is 0. The standard InChI is InChI=1S/C13H17N3O5S2/c1-10-14-13(21-15-10)9-22(17,18)8-11-5-4-6-12(7-11)23(19,20)16(2)3/h4-7H,8-9H2,1-3H3. The Balaban J connectivity index is 2.23. The lowest BCUT2D eigenvalue weighted by atomic mass is 10.2. The van der Waals surface area contributed by atoms with Crippen LogP contribution in [0.1, 0.15) is 17.3 Å². The summed E-state index contributed by atoms with van der Waals surface area (Å²) in [6, 6.07) is 5.85. The Kier molecular flexibility index (Phi) is 4.87. The molecule has 0 N–H and O–H groups in total. The topological polar surface area (TPSA) is 110 Å². The Morgan fingerprint density at radius 2 is 1.83 bits per heavy atom. The number of aryl methyl sites for hydroxylation is 1. The van der Waals surface area contributed by atoms with Gasteiger partial charge in [-0.05, 0) is 24.6 Å². The van der Waals surface area contributed by atoms with Gasteiger partial charge in [0.15, 0.2) is 15.7 Å². The smallest absolute Gasteiger partial charge is 0.242 e. The zero-order valence-electron chi connectivity index (χ0n) is 12.9. The summed E-state index contributed by atoms with van der Waals surface area (Å²) in [5.74, 6) is -0.335. The maximum absolute atomic E-state index is 12.2. The summed E-state index contributed by atoms with van der Waals surface area (Å²) in [4.78, 5) is 3.90. The fourth-order valence-corrected chi connectivity index (χ4v) is 4.15. The van der Waals surface area contributed by atoms with Gasteiger partial charge < -0.3 is 4.52 Å². The van der Waals surface area contributed by atoms with Crippen molar-refractivity contribution in [1.82, 2.24) is 14.4 Å². The van der Waals surface area contributed by atoms with Gasteiger partial charge in [0.05, 0.1) is 10.6 Å². The summed E-state index contributed by atoms with van der Waals surface area (Å²) in [5.41, 5.74) is 0.379. The summed E-state index contributed by atoms with van der Waals surface area (Å²) in [6.45, 7) is 1.59. The van der Waals surface area contributed by atoms with Crippen LogP contribution in [0.5, 0.6) is 0 Å². The highest BCUT2D eigenvalue weighted by Gasteiger charge is 2.21. The van der Waals surface area contributed by atoms with Gasteiger partial charge in [0, 0.05) is 14.1 Å². The van der Waals surface area contributed by atoms with Gasteiger partial charge in [-0.1, -0.05) is 17.3 Å². The van der Waals surface area contributed by atoms with Gasteiger partial charge >= 0.3 is 0 Å². The van der Waals surface area contributed by atoms with E-state index in [4.69, 9.17) is 4.52 Å². The fourth-order valence-electron chi connectivity index (χ4n) is 1.90. The van der Waals surface area contributed by atoms with E-state index >= 15 is 0 Å². The second kappa shape index (κ2) is 6.38. The van der Waals surface area contributed by atoms with E-state index in [0.717, 1.165) is 4.31 Å². The molecule has 0 fully saturated rings. The van der Waals surface area contributed by atoms with Gasteiger partial charge in [-0.15, -0.1) is 0 Å². The quantitative estimate of drug-likeness (QED) is 0.748. The highest BCUT2D eigenvalue weighted by Crippen LogP contribution is 2.18. The molecule has 0 spiro atoms. The van der Waals surface area contributed by atoms with Crippen LogP contribution in [-0.2, 0) is 31.4 Å². The molecule has 0 amide bonds. The van der Waals surface area contributed by atoms with E-state index in [-0.39, 0.29) is 16.5 Å². The molecule has 8 nitrogen and oxygen atoms in total. The predicted octanol–water partition coefficient (Wildman–Crippen LogP) is 0.743. The molecule has 0 aliphatic heterocycles. The van der Waals surface area contributed by atoms with E-state index < -0.39 is 25.6 Å². The molecule has 0 saturated heterocycles. The minimum Gasteiger partial charge on any atom is -0.338 e. The third-order valence-electron chi connectivity index (χ3n) is 2.98. The summed E-state index contributed by atoms with van der Waals surface area (Å²) >= 11 is 0. The van der Waals surface area contributed by atoms with Crippen molar-refractivity contribution >= 4 is 19.9 Å². The van der Waals surface area contributed by atoms with Crippen molar-refractivity contribution < 1.29 is 21.4 Å². The van der Waals surface area contributed by atoms with E-state index in [1.807, 2.05) is 0 Å². The van der Waals surface area contributed by atoms with Crippen molar-refractivity contribution in [1.29, 1.82) is 0 Å².